The highest BCUT2D eigenvalue weighted by Crippen LogP contribution is 2.53. The number of allylic oxidation sites excluding steroid dienone is 2. The third-order valence-electron chi connectivity index (χ3n) is 11.8. The summed E-state index contributed by atoms with van der Waals surface area (Å²) < 4.78 is 11.3. The van der Waals surface area contributed by atoms with Crippen LogP contribution in [-0.4, -0.2) is 19.3 Å². The van der Waals surface area contributed by atoms with E-state index in [4.69, 9.17) is 14.8 Å². The number of aromatic nitrogens is 4. The van der Waals surface area contributed by atoms with Gasteiger partial charge in [-0.15, -0.1) is 0 Å². The predicted molar refractivity (Wildman–Crippen MR) is 231 cm³/mol. The van der Waals surface area contributed by atoms with Crippen LogP contribution >= 0.6 is 0 Å². The van der Waals surface area contributed by atoms with Gasteiger partial charge in [-0.2, -0.15) is 5.10 Å². The number of aryl methyl sites for hydroxylation is 1. The van der Waals surface area contributed by atoms with E-state index in [1.807, 2.05) is 6.20 Å². The number of hydrogen-bond donors (Lipinski definition) is 0. The summed E-state index contributed by atoms with van der Waals surface area (Å²) in [5.41, 5.74) is 11.1. The molecule has 0 fully saturated rings. The van der Waals surface area contributed by atoms with Crippen molar-refractivity contribution in [3.05, 3.63) is 119 Å². The van der Waals surface area contributed by atoms with Crippen molar-refractivity contribution >= 4 is 21.8 Å². The quantitative estimate of drug-likeness (QED) is 0.153. The van der Waals surface area contributed by atoms with Crippen LogP contribution in [0.4, 0.5) is 0 Å². The molecule has 0 bridgehead atoms. The van der Waals surface area contributed by atoms with Crippen LogP contribution in [-0.2, 0) is 11.8 Å². The van der Waals surface area contributed by atoms with Gasteiger partial charge in [0.25, 0.3) is 0 Å². The maximum atomic E-state index is 6.88. The molecule has 7 rings (SSSR count). The average molecular weight is 735 g/mol. The van der Waals surface area contributed by atoms with Gasteiger partial charge in [-0.3, -0.25) is 4.57 Å². The third kappa shape index (κ3) is 7.52. The van der Waals surface area contributed by atoms with Crippen LogP contribution in [0.3, 0.4) is 0 Å². The highest BCUT2D eigenvalue weighted by Gasteiger charge is 2.42. The van der Waals surface area contributed by atoms with Gasteiger partial charge in [0.05, 0.1) is 22.4 Å². The zero-order valence-electron chi connectivity index (χ0n) is 35.6. The second kappa shape index (κ2) is 14.1. The smallest absolute Gasteiger partial charge is 0.137 e. The molecule has 0 spiro atoms. The fourth-order valence-electron chi connectivity index (χ4n) is 9.12. The highest BCUT2D eigenvalue weighted by atomic mass is 16.5. The minimum atomic E-state index is -0.0983. The molecule has 0 saturated heterocycles. The molecule has 0 aliphatic heterocycles. The van der Waals surface area contributed by atoms with Crippen molar-refractivity contribution in [2.45, 2.75) is 121 Å². The zero-order chi connectivity index (χ0) is 39.6. The first-order chi connectivity index (χ1) is 25.8. The van der Waals surface area contributed by atoms with E-state index in [0.29, 0.717) is 17.8 Å². The molecule has 1 aliphatic rings. The first kappa shape index (κ1) is 38.6. The minimum Gasteiger partial charge on any atom is -0.457 e. The summed E-state index contributed by atoms with van der Waals surface area (Å²) in [6.45, 7) is 30.2. The number of ether oxygens (including phenoxy) is 1. The van der Waals surface area contributed by atoms with Gasteiger partial charge in [0.2, 0.25) is 0 Å². The van der Waals surface area contributed by atoms with Crippen LogP contribution in [0.25, 0.3) is 33.3 Å². The summed E-state index contributed by atoms with van der Waals surface area (Å²) in [6.07, 6.45) is 7.81. The number of rotatable bonds is 7. The second-order valence-corrected chi connectivity index (χ2v) is 19.7. The van der Waals surface area contributed by atoms with Crippen LogP contribution in [0.2, 0.25) is 0 Å². The lowest BCUT2D eigenvalue weighted by molar-refractivity contribution is 0.180. The summed E-state index contributed by atoms with van der Waals surface area (Å²) in [4.78, 5) is 4.88. The molecule has 3 aromatic carbocycles. The lowest BCUT2D eigenvalue weighted by Crippen LogP contribution is -2.34. The average Bonchev–Trinajstić information content (AvgIpc) is 3.58. The standard InChI is InChI=1S/C50H62N4O/c1-31(2)25-34-23-24-51-45(26-34)53-43-20-15-14-17-39(43)40-22-21-37(30-44(40)53)55-38-28-35(48(5,6)7)27-36(29-38)54-33(4)46(32(3)52-54)47-41(49(8,9)10)18-16-19-42(47)50(11,12)13/h14-15,17-18,20-24,26-31,42,47H,16,19,25H2,1-13H3/t42-,47?/m0/s1. The molecule has 0 radical (unpaired) electrons. The molecule has 55 heavy (non-hydrogen) atoms. The van der Waals surface area contributed by atoms with E-state index in [0.717, 1.165) is 52.6 Å². The van der Waals surface area contributed by atoms with E-state index in [2.05, 4.69) is 178 Å². The molecule has 6 aromatic rings. The van der Waals surface area contributed by atoms with E-state index in [1.165, 1.54) is 39.6 Å². The van der Waals surface area contributed by atoms with Gasteiger partial charge in [0.15, 0.2) is 0 Å². The molecule has 3 heterocycles. The van der Waals surface area contributed by atoms with Gasteiger partial charge in [0.1, 0.15) is 17.3 Å². The first-order valence-electron chi connectivity index (χ1n) is 20.4. The SMILES string of the molecule is Cc1nn(-c2cc(Oc3ccc4c5ccccc5n(-c5cc(CC(C)C)ccn5)c4c3)cc(C(C)(C)C)c2)c(C)c1C1C(C(C)(C)C)=CCC[C@@H]1C(C)(C)C. The van der Waals surface area contributed by atoms with Crippen LogP contribution in [0.1, 0.15) is 123 Å². The van der Waals surface area contributed by atoms with Gasteiger partial charge < -0.3 is 4.74 Å². The summed E-state index contributed by atoms with van der Waals surface area (Å²) in [5, 5.41) is 7.70. The van der Waals surface area contributed by atoms with Crippen molar-refractivity contribution in [2.24, 2.45) is 22.7 Å². The lowest BCUT2D eigenvalue weighted by Gasteiger charge is -2.45. The first-order valence-corrected chi connectivity index (χ1v) is 20.4. The molecule has 1 unspecified atom stereocenters. The summed E-state index contributed by atoms with van der Waals surface area (Å²) in [6, 6.07) is 26.1. The monoisotopic (exact) mass is 734 g/mol. The maximum Gasteiger partial charge on any atom is 0.137 e. The normalized spacial score (nSPS) is 17.0. The van der Waals surface area contributed by atoms with Crippen molar-refractivity contribution in [3.8, 4) is 23.0 Å². The Morgan fingerprint density at radius 3 is 2.20 bits per heavy atom. The third-order valence-corrected chi connectivity index (χ3v) is 11.8. The Labute approximate surface area is 329 Å². The number of benzene rings is 3. The van der Waals surface area contributed by atoms with Crippen LogP contribution in [0, 0.1) is 36.5 Å². The van der Waals surface area contributed by atoms with Crippen molar-refractivity contribution in [1.29, 1.82) is 0 Å². The molecular formula is C50H62N4O. The van der Waals surface area contributed by atoms with E-state index >= 15 is 0 Å². The maximum absolute atomic E-state index is 6.88. The van der Waals surface area contributed by atoms with Gasteiger partial charge in [0, 0.05) is 46.3 Å². The van der Waals surface area contributed by atoms with Gasteiger partial charge in [-0.25, -0.2) is 9.67 Å². The Kier molecular flexibility index (Phi) is 9.93. The summed E-state index contributed by atoms with van der Waals surface area (Å²) in [7, 11) is 0. The largest absolute Gasteiger partial charge is 0.457 e. The fourth-order valence-corrected chi connectivity index (χ4v) is 9.12. The molecule has 1 aliphatic carbocycles. The number of pyridine rings is 1. The minimum absolute atomic E-state index is 0.0719. The molecule has 0 amide bonds. The summed E-state index contributed by atoms with van der Waals surface area (Å²) in [5.74, 6) is 3.93. The van der Waals surface area contributed by atoms with Crippen molar-refractivity contribution in [2.75, 3.05) is 0 Å². The Balaban J connectivity index is 1.34. The topological polar surface area (TPSA) is 44.9 Å². The zero-order valence-corrected chi connectivity index (χ0v) is 35.6. The molecule has 2 atom stereocenters. The molecule has 0 saturated carbocycles. The molecule has 5 heteroatoms. The molecular weight excluding hydrogens is 673 g/mol. The number of para-hydroxylation sites is 1. The van der Waals surface area contributed by atoms with Gasteiger partial charge in [-0.05, 0) is 115 Å². The van der Waals surface area contributed by atoms with E-state index < -0.39 is 0 Å². The molecule has 0 N–H and O–H groups in total. The van der Waals surface area contributed by atoms with Gasteiger partial charge in [-0.1, -0.05) is 106 Å². The van der Waals surface area contributed by atoms with Crippen molar-refractivity contribution in [3.63, 3.8) is 0 Å². The lowest BCUT2D eigenvalue weighted by atomic mass is 9.59. The Morgan fingerprint density at radius 1 is 0.782 bits per heavy atom. The predicted octanol–water partition coefficient (Wildman–Crippen LogP) is 13.8. The molecule has 3 aromatic heterocycles. The summed E-state index contributed by atoms with van der Waals surface area (Å²) >= 11 is 0. The van der Waals surface area contributed by atoms with E-state index in [1.54, 1.807) is 5.57 Å². The number of hydrogen-bond acceptors (Lipinski definition) is 3. The number of nitrogens with zero attached hydrogens (tertiary/aromatic N) is 4. The van der Waals surface area contributed by atoms with Gasteiger partial charge >= 0.3 is 0 Å². The fraction of sp³-hybridized carbons (Fsp3) is 0.440. The van der Waals surface area contributed by atoms with E-state index in [-0.39, 0.29) is 16.2 Å². The molecule has 5 nitrogen and oxygen atoms in total. The van der Waals surface area contributed by atoms with Crippen molar-refractivity contribution in [1.82, 2.24) is 19.3 Å². The van der Waals surface area contributed by atoms with E-state index in [9.17, 15) is 0 Å². The highest BCUT2D eigenvalue weighted by molar-refractivity contribution is 6.09. The molecule has 288 valence electrons. The Hall–Kier alpha value is -4.64. The van der Waals surface area contributed by atoms with Crippen LogP contribution < -0.4 is 4.74 Å². The van der Waals surface area contributed by atoms with Crippen LogP contribution in [0.15, 0.2) is 90.6 Å². The van der Waals surface area contributed by atoms with Crippen LogP contribution in [0.5, 0.6) is 11.5 Å². The second-order valence-electron chi connectivity index (χ2n) is 19.7. The Morgan fingerprint density at radius 2 is 1.51 bits per heavy atom. The van der Waals surface area contributed by atoms with Crippen molar-refractivity contribution < 1.29 is 4.74 Å². The number of fused-ring (bicyclic) bond motifs is 3. The Bertz CT molecular complexity index is 2400.